The smallest absolute Gasteiger partial charge is 0.191 e. The lowest BCUT2D eigenvalue weighted by molar-refractivity contribution is 0.176. The highest BCUT2D eigenvalue weighted by atomic mass is 32.1. The van der Waals surface area contributed by atoms with E-state index in [2.05, 4.69) is 62.9 Å². The molecule has 2 aromatic heterocycles. The third-order valence-electron chi connectivity index (χ3n) is 5.95. The van der Waals surface area contributed by atoms with E-state index in [1.54, 1.807) is 11.3 Å². The first-order valence-electron chi connectivity index (χ1n) is 11.1. The normalized spacial score (nSPS) is 16.4. The fourth-order valence-corrected chi connectivity index (χ4v) is 4.61. The molecule has 0 aliphatic carbocycles. The van der Waals surface area contributed by atoms with Gasteiger partial charge in [-0.15, -0.1) is 11.3 Å². The molecule has 2 aromatic rings. The van der Waals surface area contributed by atoms with Crippen molar-refractivity contribution in [3.8, 4) is 0 Å². The van der Waals surface area contributed by atoms with Gasteiger partial charge in [0.15, 0.2) is 11.7 Å². The SMILES string of the molecule is CCC(CC)c1cc(CNC(=NC)NCC2CCN(Cc3csc(C)n3)CC2)on1. The van der Waals surface area contributed by atoms with Gasteiger partial charge in [-0.3, -0.25) is 9.89 Å². The van der Waals surface area contributed by atoms with Gasteiger partial charge >= 0.3 is 0 Å². The van der Waals surface area contributed by atoms with Crippen molar-refractivity contribution in [2.75, 3.05) is 26.7 Å². The molecule has 2 N–H and O–H groups in total. The van der Waals surface area contributed by atoms with Gasteiger partial charge in [0.2, 0.25) is 0 Å². The number of nitrogens with zero attached hydrogens (tertiary/aromatic N) is 4. The average Bonchev–Trinajstić information content (AvgIpc) is 3.39. The van der Waals surface area contributed by atoms with Crippen LogP contribution in [0.3, 0.4) is 0 Å². The van der Waals surface area contributed by atoms with E-state index in [9.17, 15) is 0 Å². The molecular formula is C22H36N6OS. The van der Waals surface area contributed by atoms with Gasteiger partial charge in [0, 0.05) is 37.5 Å². The number of rotatable bonds is 9. The topological polar surface area (TPSA) is 78.6 Å². The van der Waals surface area contributed by atoms with Crippen molar-refractivity contribution in [3.05, 3.63) is 33.6 Å². The number of nitrogens with one attached hydrogen (secondary N) is 2. The summed E-state index contributed by atoms with van der Waals surface area (Å²) >= 11 is 1.74. The van der Waals surface area contributed by atoms with Crippen LogP contribution in [0.4, 0.5) is 0 Å². The Morgan fingerprint density at radius 3 is 2.70 bits per heavy atom. The van der Waals surface area contributed by atoms with Crippen LogP contribution >= 0.6 is 11.3 Å². The minimum atomic E-state index is 0.477. The zero-order valence-corrected chi connectivity index (χ0v) is 19.6. The molecule has 1 aliphatic heterocycles. The lowest BCUT2D eigenvalue weighted by atomic mass is 9.97. The van der Waals surface area contributed by atoms with Crippen molar-refractivity contribution in [1.82, 2.24) is 25.7 Å². The fourth-order valence-electron chi connectivity index (χ4n) is 4.00. The summed E-state index contributed by atoms with van der Waals surface area (Å²) in [4.78, 5) is 11.5. The summed E-state index contributed by atoms with van der Waals surface area (Å²) in [5, 5.41) is 14.4. The standard InChI is InChI=1S/C22H36N6OS/c1-5-18(6-2)21-11-20(29-27-21)13-25-22(23-4)24-12-17-7-9-28(10-8-17)14-19-15-30-16(3)26-19/h11,15,17-18H,5-10,12-14H2,1-4H3,(H2,23,24,25). The predicted molar refractivity (Wildman–Crippen MR) is 123 cm³/mol. The average molecular weight is 433 g/mol. The zero-order chi connectivity index (χ0) is 21.3. The number of likely N-dealkylation sites (tertiary alicyclic amines) is 1. The minimum Gasteiger partial charge on any atom is -0.359 e. The molecule has 0 spiro atoms. The van der Waals surface area contributed by atoms with E-state index in [0.717, 1.165) is 61.4 Å². The molecule has 0 atom stereocenters. The molecule has 1 fully saturated rings. The van der Waals surface area contributed by atoms with Gasteiger partial charge in [-0.25, -0.2) is 4.98 Å². The summed E-state index contributed by atoms with van der Waals surface area (Å²) in [7, 11) is 1.81. The number of guanidine groups is 1. The highest BCUT2D eigenvalue weighted by molar-refractivity contribution is 7.09. The van der Waals surface area contributed by atoms with Gasteiger partial charge in [0.1, 0.15) is 0 Å². The van der Waals surface area contributed by atoms with Crippen molar-refractivity contribution in [2.45, 2.75) is 65.5 Å². The molecule has 30 heavy (non-hydrogen) atoms. The summed E-state index contributed by atoms with van der Waals surface area (Å²) in [6.07, 6.45) is 4.57. The first-order valence-corrected chi connectivity index (χ1v) is 12.0. The molecule has 3 heterocycles. The van der Waals surface area contributed by atoms with Crippen LogP contribution in [-0.2, 0) is 13.1 Å². The second-order valence-electron chi connectivity index (χ2n) is 8.12. The Bertz CT molecular complexity index is 789. The van der Waals surface area contributed by atoms with E-state index in [0.29, 0.717) is 18.4 Å². The first kappa shape index (κ1) is 22.7. The maximum absolute atomic E-state index is 5.50. The minimum absolute atomic E-state index is 0.477. The van der Waals surface area contributed by atoms with Crippen LogP contribution in [-0.4, -0.2) is 47.7 Å². The van der Waals surface area contributed by atoms with Gasteiger partial charge in [0.25, 0.3) is 0 Å². The van der Waals surface area contributed by atoms with E-state index < -0.39 is 0 Å². The van der Waals surface area contributed by atoms with Crippen LogP contribution in [0.5, 0.6) is 0 Å². The van der Waals surface area contributed by atoms with Gasteiger partial charge in [-0.2, -0.15) is 0 Å². The third kappa shape index (κ3) is 6.54. The predicted octanol–water partition coefficient (Wildman–Crippen LogP) is 3.92. The summed E-state index contributed by atoms with van der Waals surface area (Å²) in [5.41, 5.74) is 2.26. The lowest BCUT2D eigenvalue weighted by Crippen LogP contribution is -2.42. The zero-order valence-electron chi connectivity index (χ0n) is 18.8. The van der Waals surface area contributed by atoms with Crippen LogP contribution in [0.1, 0.15) is 67.6 Å². The molecule has 0 amide bonds. The summed E-state index contributed by atoms with van der Waals surface area (Å²) in [6, 6.07) is 2.07. The summed E-state index contributed by atoms with van der Waals surface area (Å²) in [6.45, 7) is 11.2. The Morgan fingerprint density at radius 1 is 1.30 bits per heavy atom. The molecule has 0 bridgehead atoms. The molecule has 8 heteroatoms. The van der Waals surface area contributed by atoms with Crippen molar-refractivity contribution in [3.63, 3.8) is 0 Å². The number of thiazole rings is 1. The maximum atomic E-state index is 5.50. The van der Waals surface area contributed by atoms with E-state index in [1.807, 2.05) is 7.05 Å². The van der Waals surface area contributed by atoms with Crippen molar-refractivity contribution < 1.29 is 4.52 Å². The Kier molecular flexibility index (Phi) is 8.69. The fraction of sp³-hybridized carbons (Fsp3) is 0.682. The molecule has 3 rings (SSSR count). The van der Waals surface area contributed by atoms with Crippen LogP contribution in [0.25, 0.3) is 0 Å². The van der Waals surface area contributed by atoms with Crippen molar-refractivity contribution in [2.24, 2.45) is 10.9 Å². The highest BCUT2D eigenvalue weighted by Crippen LogP contribution is 2.22. The number of aliphatic imine (C=N–C) groups is 1. The quantitative estimate of drug-likeness (QED) is 0.462. The number of hydrogen-bond acceptors (Lipinski definition) is 6. The number of hydrogen-bond donors (Lipinski definition) is 2. The van der Waals surface area contributed by atoms with Gasteiger partial charge in [-0.1, -0.05) is 19.0 Å². The van der Waals surface area contributed by atoms with Crippen LogP contribution < -0.4 is 10.6 Å². The van der Waals surface area contributed by atoms with E-state index in [-0.39, 0.29) is 0 Å². The van der Waals surface area contributed by atoms with Crippen LogP contribution in [0.2, 0.25) is 0 Å². The number of piperidine rings is 1. The third-order valence-corrected chi connectivity index (χ3v) is 6.77. The van der Waals surface area contributed by atoms with E-state index in [4.69, 9.17) is 4.52 Å². The highest BCUT2D eigenvalue weighted by Gasteiger charge is 2.20. The Hall–Kier alpha value is -1.93. The monoisotopic (exact) mass is 432 g/mol. The number of aryl methyl sites for hydroxylation is 1. The Morgan fingerprint density at radius 2 is 2.07 bits per heavy atom. The molecule has 0 saturated carbocycles. The molecule has 0 unspecified atom stereocenters. The number of aromatic nitrogens is 2. The maximum Gasteiger partial charge on any atom is 0.191 e. The van der Waals surface area contributed by atoms with Crippen LogP contribution in [0, 0.1) is 12.8 Å². The molecule has 1 aliphatic rings. The Balaban J connectivity index is 1.36. The van der Waals surface area contributed by atoms with Crippen molar-refractivity contribution >= 4 is 17.3 Å². The molecular weight excluding hydrogens is 396 g/mol. The van der Waals surface area contributed by atoms with E-state index in [1.165, 1.54) is 18.5 Å². The van der Waals surface area contributed by atoms with Crippen LogP contribution in [0.15, 0.2) is 21.0 Å². The molecule has 166 valence electrons. The van der Waals surface area contributed by atoms with Gasteiger partial charge in [-0.05, 0) is 51.6 Å². The van der Waals surface area contributed by atoms with Gasteiger partial charge < -0.3 is 15.2 Å². The molecule has 1 saturated heterocycles. The Labute approximate surface area is 184 Å². The second kappa shape index (κ2) is 11.5. The lowest BCUT2D eigenvalue weighted by Gasteiger charge is -2.31. The summed E-state index contributed by atoms with van der Waals surface area (Å²) < 4.78 is 5.50. The van der Waals surface area contributed by atoms with Crippen molar-refractivity contribution in [1.29, 1.82) is 0 Å². The summed E-state index contributed by atoms with van der Waals surface area (Å²) in [5.74, 6) is 2.82. The first-order chi connectivity index (χ1) is 14.6. The largest absolute Gasteiger partial charge is 0.359 e. The molecule has 7 nitrogen and oxygen atoms in total. The van der Waals surface area contributed by atoms with Gasteiger partial charge in [0.05, 0.1) is 22.9 Å². The molecule has 0 aromatic carbocycles. The second-order valence-corrected chi connectivity index (χ2v) is 9.18. The molecule has 0 radical (unpaired) electrons. The van der Waals surface area contributed by atoms with E-state index >= 15 is 0 Å².